The third kappa shape index (κ3) is 4.29. The van der Waals surface area contributed by atoms with E-state index in [9.17, 15) is 4.79 Å². The number of carbonyl (C=O) groups is 1. The molecule has 104 valence electrons. The van der Waals surface area contributed by atoms with E-state index in [2.05, 4.69) is 0 Å². The second kappa shape index (κ2) is 6.82. The first-order chi connectivity index (χ1) is 9.54. The van der Waals surface area contributed by atoms with E-state index in [1.165, 1.54) is 5.56 Å². The van der Waals surface area contributed by atoms with Gasteiger partial charge in [-0.2, -0.15) is 0 Å². The number of carboxylic acid groups (broad SMARTS) is 1. The van der Waals surface area contributed by atoms with Gasteiger partial charge in [0, 0.05) is 15.2 Å². The molecule has 0 aliphatic heterocycles. The Morgan fingerprint density at radius 2 is 1.75 bits per heavy atom. The fourth-order valence-corrected chi connectivity index (χ4v) is 3.11. The third-order valence-corrected chi connectivity index (χ3v) is 4.42. The number of thioether (sulfide) groups is 1. The average molecular weight is 307 g/mol. The molecule has 0 heterocycles. The van der Waals surface area contributed by atoms with Crippen molar-refractivity contribution in [1.29, 1.82) is 0 Å². The molecule has 0 saturated carbocycles. The van der Waals surface area contributed by atoms with Crippen molar-refractivity contribution in [3.05, 3.63) is 64.7 Å². The summed E-state index contributed by atoms with van der Waals surface area (Å²) in [5.74, 6) is -0.794. The molecular formula is C16H15ClO2S. The van der Waals surface area contributed by atoms with Gasteiger partial charge in [0.25, 0.3) is 0 Å². The Balaban J connectivity index is 2.21. The maximum absolute atomic E-state index is 11.1. The van der Waals surface area contributed by atoms with Crippen molar-refractivity contribution in [2.75, 3.05) is 0 Å². The van der Waals surface area contributed by atoms with Gasteiger partial charge >= 0.3 is 5.97 Å². The van der Waals surface area contributed by atoms with Crippen LogP contribution < -0.4 is 0 Å². The number of rotatable bonds is 5. The van der Waals surface area contributed by atoms with Crippen molar-refractivity contribution in [2.45, 2.75) is 23.5 Å². The van der Waals surface area contributed by atoms with E-state index in [0.29, 0.717) is 5.02 Å². The Bertz CT molecular complexity index is 578. The highest BCUT2D eigenvalue weighted by atomic mass is 35.5. The van der Waals surface area contributed by atoms with Crippen LogP contribution in [0.3, 0.4) is 0 Å². The number of aliphatic carboxylic acids is 1. The standard InChI is InChI=1S/C16H15ClO2S/c1-11-2-4-12(5-3-11)15(10-16(18)19)20-14-8-6-13(17)7-9-14/h2-9,15H,10H2,1H3,(H,18,19). The monoisotopic (exact) mass is 306 g/mol. The van der Waals surface area contributed by atoms with Gasteiger partial charge in [0.2, 0.25) is 0 Å². The minimum Gasteiger partial charge on any atom is -0.481 e. The highest BCUT2D eigenvalue weighted by Crippen LogP contribution is 2.38. The van der Waals surface area contributed by atoms with E-state index in [-0.39, 0.29) is 11.7 Å². The summed E-state index contributed by atoms with van der Waals surface area (Å²) in [5, 5.41) is 9.67. The molecular weight excluding hydrogens is 292 g/mol. The lowest BCUT2D eigenvalue weighted by Crippen LogP contribution is -2.03. The Morgan fingerprint density at radius 3 is 2.30 bits per heavy atom. The van der Waals surface area contributed by atoms with Gasteiger partial charge in [0.15, 0.2) is 0 Å². The first-order valence-corrected chi connectivity index (χ1v) is 7.51. The average Bonchev–Trinajstić information content (AvgIpc) is 2.41. The van der Waals surface area contributed by atoms with E-state index in [1.54, 1.807) is 11.8 Å². The fraction of sp³-hybridized carbons (Fsp3) is 0.188. The van der Waals surface area contributed by atoms with Crippen molar-refractivity contribution in [3.63, 3.8) is 0 Å². The zero-order valence-electron chi connectivity index (χ0n) is 11.0. The molecule has 0 amide bonds. The molecule has 0 bridgehead atoms. The summed E-state index contributed by atoms with van der Waals surface area (Å²) in [7, 11) is 0. The van der Waals surface area contributed by atoms with Crippen molar-refractivity contribution in [3.8, 4) is 0 Å². The molecule has 2 aromatic rings. The van der Waals surface area contributed by atoms with Crippen molar-refractivity contribution < 1.29 is 9.90 Å². The number of aryl methyl sites for hydroxylation is 1. The molecule has 0 saturated heterocycles. The van der Waals surface area contributed by atoms with Crippen LogP contribution in [0.1, 0.15) is 22.8 Å². The lowest BCUT2D eigenvalue weighted by Gasteiger charge is -2.15. The van der Waals surface area contributed by atoms with Gasteiger partial charge in [-0.1, -0.05) is 41.4 Å². The molecule has 1 unspecified atom stereocenters. The van der Waals surface area contributed by atoms with Crippen LogP contribution in [-0.2, 0) is 4.79 Å². The summed E-state index contributed by atoms with van der Waals surface area (Å²) in [4.78, 5) is 12.1. The summed E-state index contributed by atoms with van der Waals surface area (Å²) in [6.45, 7) is 2.02. The summed E-state index contributed by atoms with van der Waals surface area (Å²) in [6, 6.07) is 15.5. The van der Waals surface area contributed by atoms with Gasteiger partial charge in [-0.25, -0.2) is 0 Å². The number of benzene rings is 2. The number of hydrogen-bond acceptors (Lipinski definition) is 2. The number of halogens is 1. The maximum atomic E-state index is 11.1. The van der Waals surface area contributed by atoms with Crippen LogP contribution in [0.5, 0.6) is 0 Å². The fourth-order valence-electron chi connectivity index (χ4n) is 1.84. The SMILES string of the molecule is Cc1ccc(C(CC(=O)O)Sc2ccc(Cl)cc2)cc1. The normalized spacial score (nSPS) is 12.1. The van der Waals surface area contributed by atoms with Gasteiger partial charge in [-0.15, -0.1) is 11.8 Å². The summed E-state index contributed by atoms with van der Waals surface area (Å²) in [5.41, 5.74) is 2.19. The number of carboxylic acids is 1. The Morgan fingerprint density at radius 1 is 1.15 bits per heavy atom. The summed E-state index contributed by atoms with van der Waals surface area (Å²) >= 11 is 7.41. The second-order valence-electron chi connectivity index (χ2n) is 4.57. The molecule has 2 aromatic carbocycles. The lowest BCUT2D eigenvalue weighted by atomic mass is 10.1. The molecule has 1 N–H and O–H groups in total. The lowest BCUT2D eigenvalue weighted by molar-refractivity contribution is -0.137. The molecule has 20 heavy (non-hydrogen) atoms. The van der Waals surface area contributed by atoms with E-state index in [1.807, 2.05) is 55.5 Å². The van der Waals surface area contributed by atoms with Crippen LogP contribution in [-0.4, -0.2) is 11.1 Å². The molecule has 0 aliphatic carbocycles. The van der Waals surface area contributed by atoms with Gasteiger partial charge in [0.05, 0.1) is 6.42 Å². The smallest absolute Gasteiger partial charge is 0.304 e. The van der Waals surface area contributed by atoms with Gasteiger partial charge in [-0.3, -0.25) is 4.79 Å². The van der Waals surface area contributed by atoms with Crippen LogP contribution in [0.4, 0.5) is 0 Å². The van der Waals surface area contributed by atoms with Crippen LogP contribution >= 0.6 is 23.4 Å². The molecule has 0 fully saturated rings. The molecule has 2 rings (SSSR count). The first-order valence-electron chi connectivity index (χ1n) is 6.25. The van der Waals surface area contributed by atoms with E-state index in [0.717, 1.165) is 10.5 Å². The quantitative estimate of drug-likeness (QED) is 0.794. The van der Waals surface area contributed by atoms with Crippen LogP contribution in [0.15, 0.2) is 53.4 Å². The number of hydrogen-bond donors (Lipinski definition) is 1. The molecule has 4 heteroatoms. The van der Waals surface area contributed by atoms with Crippen molar-refractivity contribution in [1.82, 2.24) is 0 Å². The van der Waals surface area contributed by atoms with Gasteiger partial charge in [-0.05, 0) is 36.8 Å². The third-order valence-electron chi connectivity index (χ3n) is 2.90. The van der Waals surface area contributed by atoms with Crippen LogP contribution in [0.25, 0.3) is 0 Å². The zero-order chi connectivity index (χ0) is 14.5. The van der Waals surface area contributed by atoms with Gasteiger partial charge in [0.1, 0.15) is 0 Å². The maximum Gasteiger partial charge on any atom is 0.304 e. The Hall–Kier alpha value is -1.45. The molecule has 0 aromatic heterocycles. The van der Waals surface area contributed by atoms with Crippen LogP contribution in [0, 0.1) is 6.92 Å². The largest absolute Gasteiger partial charge is 0.481 e. The predicted molar refractivity (Wildman–Crippen MR) is 83.5 cm³/mol. The topological polar surface area (TPSA) is 37.3 Å². The molecule has 0 radical (unpaired) electrons. The highest BCUT2D eigenvalue weighted by molar-refractivity contribution is 7.99. The summed E-state index contributed by atoms with van der Waals surface area (Å²) < 4.78 is 0. The highest BCUT2D eigenvalue weighted by Gasteiger charge is 2.17. The minimum atomic E-state index is -0.794. The Kier molecular flexibility index (Phi) is 5.10. The van der Waals surface area contributed by atoms with Crippen molar-refractivity contribution in [2.24, 2.45) is 0 Å². The summed E-state index contributed by atoms with van der Waals surface area (Å²) in [6.07, 6.45) is 0.0936. The molecule has 1 atom stereocenters. The van der Waals surface area contributed by atoms with E-state index < -0.39 is 5.97 Å². The van der Waals surface area contributed by atoms with Gasteiger partial charge < -0.3 is 5.11 Å². The van der Waals surface area contributed by atoms with Crippen LogP contribution in [0.2, 0.25) is 5.02 Å². The predicted octanol–water partition coefficient (Wildman–Crippen LogP) is 4.96. The molecule has 0 aliphatic rings. The van der Waals surface area contributed by atoms with E-state index in [4.69, 9.17) is 16.7 Å². The molecule has 2 nitrogen and oxygen atoms in total. The Labute approximate surface area is 127 Å². The minimum absolute atomic E-state index is 0.0936. The first kappa shape index (κ1) is 14.9. The van der Waals surface area contributed by atoms with Crippen molar-refractivity contribution >= 4 is 29.3 Å². The zero-order valence-corrected chi connectivity index (χ0v) is 12.6. The van der Waals surface area contributed by atoms with E-state index >= 15 is 0 Å². The molecule has 0 spiro atoms. The second-order valence-corrected chi connectivity index (χ2v) is 6.28.